The van der Waals surface area contributed by atoms with E-state index in [1.54, 1.807) is 29.7 Å². The van der Waals surface area contributed by atoms with Gasteiger partial charge in [0.15, 0.2) is 0 Å². The predicted molar refractivity (Wildman–Crippen MR) is 152 cm³/mol. The van der Waals surface area contributed by atoms with Crippen molar-refractivity contribution in [1.82, 2.24) is 29.7 Å². The van der Waals surface area contributed by atoms with Crippen molar-refractivity contribution >= 4 is 5.91 Å². The number of aromatic nitrogens is 4. The number of rotatable bonds is 9. The number of carbonyl (C=O) groups excluding carboxylic acids is 1. The van der Waals surface area contributed by atoms with E-state index in [-0.39, 0.29) is 5.91 Å². The molecule has 2 aromatic heterocycles. The maximum atomic E-state index is 13.4. The molecule has 7 nitrogen and oxygen atoms in total. The Morgan fingerprint density at radius 2 is 1.54 bits per heavy atom. The average Bonchev–Trinajstić information content (AvgIpc) is 3.71. The zero-order valence-corrected chi connectivity index (χ0v) is 22.6. The third-order valence-electron chi connectivity index (χ3n) is 8.61. The molecule has 1 fully saturated rings. The summed E-state index contributed by atoms with van der Waals surface area (Å²) < 4.78 is 0. The summed E-state index contributed by atoms with van der Waals surface area (Å²) in [4.78, 5) is 32.7. The standard InChI is InChI=1S/C32H38N6O/c39-32(38(22-30-33-16-17-34-30)23-31-35-18-19-36-31)27-11-7-24(8-12-27)5-6-25-9-13-29(14-10-25)37-20-15-26-3-1-2-4-28(26)21-37/h1-4,7-8,11-12,16-19,25,29H,5-6,9-10,13-15,20-23H2,(H,33,34)(H,35,36). The third-order valence-corrected chi connectivity index (χ3v) is 8.61. The summed E-state index contributed by atoms with van der Waals surface area (Å²) in [5, 5.41) is 0. The number of hydrogen-bond donors (Lipinski definition) is 2. The summed E-state index contributed by atoms with van der Waals surface area (Å²) in [6.07, 6.45) is 15.8. The van der Waals surface area contributed by atoms with Crippen LogP contribution >= 0.6 is 0 Å². The first-order chi connectivity index (χ1) is 19.2. The molecule has 2 aliphatic rings. The number of aromatic amines is 2. The number of fused-ring (bicyclic) bond motifs is 1. The monoisotopic (exact) mass is 522 g/mol. The summed E-state index contributed by atoms with van der Waals surface area (Å²) in [6, 6.07) is 17.9. The fourth-order valence-electron chi connectivity index (χ4n) is 6.33. The first-order valence-electron chi connectivity index (χ1n) is 14.4. The van der Waals surface area contributed by atoms with Crippen LogP contribution in [0.25, 0.3) is 0 Å². The smallest absolute Gasteiger partial charge is 0.254 e. The number of nitrogens with zero attached hydrogens (tertiary/aromatic N) is 4. The average molecular weight is 523 g/mol. The number of amides is 1. The van der Waals surface area contributed by atoms with Crippen LogP contribution in [0.1, 0.15) is 70.8 Å². The lowest BCUT2D eigenvalue weighted by atomic mass is 9.81. The fraction of sp³-hybridized carbons (Fsp3) is 0.406. The van der Waals surface area contributed by atoms with Crippen LogP contribution in [0.5, 0.6) is 0 Å². The summed E-state index contributed by atoms with van der Waals surface area (Å²) in [5.74, 6) is 2.29. The van der Waals surface area contributed by atoms with E-state index in [4.69, 9.17) is 0 Å². The molecule has 0 saturated heterocycles. The second-order valence-electron chi connectivity index (χ2n) is 11.1. The Bertz CT molecular complexity index is 1290. The van der Waals surface area contributed by atoms with Gasteiger partial charge in [0, 0.05) is 49.5 Å². The molecule has 1 saturated carbocycles. The van der Waals surface area contributed by atoms with Gasteiger partial charge >= 0.3 is 0 Å². The van der Waals surface area contributed by atoms with Crippen LogP contribution in [0.3, 0.4) is 0 Å². The summed E-state index contributed by atoms with van der Waals surface area (Å²) in [7, 11) is 0. The lowest BCUT2D eigenvalue weighted by Gasteiger charge is -2.39. The van der Waals surface area contributed by atoms with E-state index in [1.165, 1.54) is 61.8 Å². The highest BCUT2D eigenvalue weighted by Crippen LogP contribution is 2.33. The van der Waals surface area contributed by atoms with E-state index in [1.807, 2.05) is 12.1 Å². The fourth-order valence-corrected chi connectivity index (χ4v) is 6.33. The minimum atomic E-state index is -0.0204. The topological polar surface area (TPSA) is 80.9 Å². The van der Waals surface area contributed by atoms with Gasteiger partial charge in [-0.3, -0.25) is 9.69 Å². The molecule has 0 spiro atoms. The molecule has 3 heterocycles. The quantitative estimate of drug-likeness (QED) is 0.303. The third kappa shape index (κ3) is 6.31. The van der Waals surface area contributed by atoms with E-state index >= 15 is 0 Å². The van der Waals surface area contributed by atoms with Crippen molar-refractivity contribution in [1.29, 1.82) is 0 Å². The van der Waals surface area contributed by atoms with Gasteiger partial charge in [-0.15, -0.1) is 0 Å². The minimum absolute atomic E-state index is 0.0204. The molecule has 202 valence electrons. The molecule has 0 bridgehead atoms. The molecule has 0 radical (unpaired) electrons. The zero-order chi connectivity index (χ0) is 26.4. The van der Waals surface area contributed by atoms with Gasteiger partial charge in [0.2, 0.25) is 0 Å². The van der Waals surface area contributed by atoms with Crippen LogP contribution in [-0.4, -0.2) is 48.2 Å². The maximum Gasteiger partial charge on any atom is 0.254 e. The van der Waals surface area contributed by atoms with Gasteiger partial charge in [0.1, 0.15) is 11.6 Å². The molecule has 39 heavy (non-hydrogen) atoms. The number of carbonyl (C=O) groups is 1. The number of hydrogen-bond acceptors (Lipinski definition) is 4. The van der Waals surface area contributed by atoms with E-state index in [0.29, 0.717) is 18.7 Å². The Labute approximate surface area is 230 Å². The molecule has 2 aromatic carbocycles. The van der Waals surface area contributed by atoms with Crippen LogP contribution in [0, 0.1) is 5.92 Å². The van der Waals surface area contributed by atoms with Gasteiger partial charge in [0.25, 0.3) is 5.91 Å². The van der Waals surface area contributed by atoms with Crippen molar-refractivity contribution in [3.63, 3.8) is 0 Å². The highest BCUT2D eigenvalue weighted by Gasteiger charge is 2.28. The Hall–Kier alpha value is -3.71. The lowest BCUT2D eigenvalue weighted by Crippen LogP contribution is -2.41. The van der Waals surface area contributed by atoms with Gasteiger partial charge in [-0.2, -0.15) is 0 Å². The van der Waals surface area contributed by atoms with Crippen LogP contribution in [0.2, 0.25) is 0 Å². The first kappa shape index (κ1) is 25.6. The summed E-state index contributed by atoms with van der Waals surface area (Å²) in [6.45, 7) is 3.14. The van der Waals surface area contributed by atoms with E-state index in [0.717, 1.165) is 36.6 Å². The van der Waals surface area contributed by atoms with Gasteiger partial charge in [-0.1, -0.05) is 36.4 Å². The van der Waals surface area contributed by atoms with Gasteiger partial charge < -0.3 is 14.9 Å². The first-order valence-corrected chi connectivity index (χ1v) is 14.4. The molecular weight excluding hydrogens is 484 g/mol. The second-order valence-corrected chi connectivity index (χ2v) is 11.1. The predicted octanol–water partition coefficient (Wildman–Crippen LogP) is 5.53. The van der Waals surface area contributed by atoms with Crippen molar-refractivity contribution in [2.24, 2.45) is 5.92 Å². The van der Waals surface area contributed by atoms with Crippen molar-refractivity contribution in [3.8, 4) is 0 Å². The Morgan fingerprint density at radius 3 is 2.18 bits per heavy atom. The van der Waals surface area contributed by atoms with E-state index in [9.17, 15) is 4.79 Å². The largest absolute Gasteiger partial charge is 0.347 e. The van der Waals surface area contributed by atoms with Gasteiger partial charge in [-0.05, 0) is 79.7 Å². The van der Waals surface area contributed by atoms with Crippen molar-refractivity contribution < 1.29 is 4.79 Å². The normalized spacial score (nSPS) is 19.5. The number of imidazole rings is 2. The molecule has 4 aromatic rings. The van der Waals surface area contributed by atoms with Gasteiger partial charge in [0.05, 0.1) is 13.1 Å². The molecule has 0 unspecified atom stereocenters. The molecule has 7 heteroatoms. The molecule has 6 rings (SSSR count). The van der Waals surface area contributed by atoms with Crippen molar-refractivity contribution in [2.45, 2.75) is 70.6 Å². The van der Waals surface area contributed by atoms with E-state index in [2.05, 4.69) is 61.2 Å². The molecule has 1 aliphatic carbocycles. The highest BCUT2D eigenvalue weighted by molar-refractivity contribution is 5.94. The molecule has 0 atom stereocenters. The highest BCUT2D eigenvalue weighted by atomic mass is 16.2. The zero-order valence-electron chi connectivity index (χ0n) is 22.6. The van der Waals surface area contributed by atoms with Crippen molar-refractivity contribution in [3.05, 3.63) is 107 Å². The lowest BCUT2D eigenvalue weighted by molar-refractivity contribution is 0.0721. The molecular formula is C32H38N6O. The van der Waals surface area contributed by atoms with Crippen molar-refractivity contribution in [2.75, 3.05) is 6.54 Å². The van der Waals surface area contributed by atoms with Gasteiger partial charge in [-0.25, -0.2) is 9.97 Å². The molecule has 2 N–H and O–H groups in total. The summed E-state index contributed by atoms with van der Waals surface area (Å²) >= 11 is 0. The summed E-state index contributed by atoms with van der Waals surface area (Å²) in [5.41, 5.74) is 5.07. The minimum Gasteiger partial charge on any atom is -0.347 e. The molecule has 1 amide bonds. The maximum absolute atomic E-state index is 13.4. The van der Waals surface area contributed by atoms with E-state index < -0.39 is 0 Å². The Morgan fingerprint density at radius 1 is 0.872 bits per heavy atom. The Kier molecular flexibility index (Phi) is 7.86. The van der Waals surface area contributed by atoms with Crippen LogP contribution in [0.15, 0.2) is 73.3 Å². The molecule has 1 aliphatic heterocycles. The number of aryl methyl sites for hydroxylation is 1. The van der Waals surface area contributed by atoms with Crippen LogP contribution < -0.4 is 0 Å². The number of benzene rings is 2. The SMILES string of the molecule is O=C(c1ccc(CCC2CCC(N3CCc4ccccc4C3)CC2)cc1)N(Cc1ncc[nH]1)Cc1ncc[nH]1. The second kappa shape index (κ2) is 12.0. The van der Waals surface area contributed by atoms with Crippen LogP contribution in [0.4, 0.5) is 0 Å². The number of H-pyrrole nitrogens is 2. The van der Waals surface area contributed by atoms with Crippen LogP contribution in [-0.2, 0) is 32.5 Å². The Balaban J connectivity index is 0.995. The number of nitrogens with one attached hydrogen (secondary N) is 2.